The molecule has 0 radical (unpaired) electrons. The number of carbonyl (C=O) groups is 1. The second kappa shape index (κ2) is 11.9. The summed E-state index contributed by atoms with van der Waals surface area (Å²) < 4.78 is 8.39. The van der Waals surface area contributed by atoms with E-state index in [4.69, 9.17) is 9.72 Å². The van der Waals surface area contributed by atoms with Crippen LogP contribution in [0.5, 0.6) is 5.75 Å². The predicted molar refractivity (Wildman–Crippen MR) is 131 cm³/mol. The van der Waals surface area contributed by atoms with Gasteiger partial charge in [-0.05, 0) is 49.9 Å². The highest BCUT2D eigenvalue weighted by molar-refractivity contribution is 5.92. The molecular formula is C27H33N3O2. The zero-order valence-corrected chi connectivity index (χ0v) is 19.0. The number of rotatable bonds is 13. The van der Waals surface area contributed by atoms with Crippen molar-refractivity contribution >= 4 is 16.9 Å². The second-order valence-electron chi connectivity index (χ2n) is 7.96. The summed E-state index contributed by atoms with van der Waals surface area (Å²) >= 11 is 0. The Kier molecular flexibility index (Phi) is 8.67. The highest BCUT2D eigenvalue weighted by Crippen LogP contribution is 2.21. The van der Waals surface area contributed by atoms with E-state index in [1.54, 1.807) is 6.92 Å². The lowest BCUT2D eigenvalue weighted by molar-refractivity contribution is -0.117. The number of aryl methyl sites for hydroxylation is 1. The molecule has 0 unspecified atom stereocenters. The van der Waals surface area contributed by atoms with E-state index < -0.39 is 0 Å². The first-order valence-corrected chi connectivity index (χ1v) is 11.3. The van der Waals surface area contributed by atoms with Gasteiger partial charge in [0.25, 0.3) is 0 Å². The number of ether oxygens (including phenoxy) is 1. The lowest BCUT2D eigenvalue weighted by Gasteiger charge is -2.13. The van der Waals surface area contributed by atoms with Crippen LogP contribution in [0.25, 0.3) is 11.0 Å². The van der Waals surface area contributed by atoms with E-state index in [-0.39, 0.29) is 5.91 Å². The van der Waals surface area contributed by atoms with Crippen molar-refractivity contribution in [1.82, 2.24) is 14.9 Å². The smallest absolute Gasteiger partial charge is 0.246 e. The fourth-order valence-electron chi connectivity index (χ4n) is 3.72. The van der Waals surface area contributed by atoms with Gasteiger partial charge in [0, 0.05) is 18.5 Å². The van der Waals surface area contributed by atoms with Gasteiger partial charge in [0.1, 0.15) is 18.2 Å². The molecule has 1 N–H and O–H groups in total. The predicted octanol–water partition coefficient (Wildman–Crippen LogP) is 5.25. The molecule has 5 heteroatoms. The number of allylic oxidation sites excluding steroid dienone is 1. The number of para-hydroxylation sites is 3. The summed E-state index contributed by atoms with van der Waals surface area (Å²) in [5.74, 6) is 1.93. The molecule has 1 aromatic heterocycles. The van der Waals surface area contributed by atoms with Gasteiger partial charge < -0.3 is 14.6 Å². The van der Waals surface area contributed by atoms with Crippen LogP contribution in [0, 0.1) is 0 Å². The molecule has 2 aromatic carbocycles. The molecular weight excluding hydrogens is 398 g/mol. The summed E-state index contributed by atoms with van der Waals surface area (Å²) in [5.41, 5.74) is 3.85. The van der Waals surface area contributed by atoms with E-state index in [0.717, 1.165) is 66.8 Å². The topological polar surface area (TPSA) is 56.1 Å². The van der Waals surface area contributed by atoms with Crippen LogP contribution in [0.1, 0.15) is 37.6 Å². The first-order chi connectivity index (χ1) is 15.6. The molecule has 168 valence electrons. The lowest BCUT2D eigenvalue weighted by Crippen LogP contribution is -2.24. The quantitative estimate of drug-likeness (QED) is 0.228. The molecule has 3 rings (SSSR count). The van der Waals surface area contributed by atoms with Crippen LogP contribution in [0.3, 0.4) is 0 Å². The van der Waals surface area contributed by atoms with Gasteiger partial charge in [-0.25, -0.2) is 4.98 Å². The molecule has 0 aliphatic rings. The Morgan fingerprint density at radius 3 is 2.72 bits per heavy atom. The summed E-state index contributed by atoms with van der Waals surface area (Å²) in [6, 6.07) is 16.4. The molecule has 0 saturated heterocycles. The number of nitrogens with one attached hydrogen (secondary N) is 1. The number of fused-ring (bicyclic) bond motifs is 1. The third-order valence-electron chi connectivity index (χ3n) is 5.39. The minimum Gasteiger partial charge on any atom is -0.491 e. The van der Waals surface area contributed by atoms with Gasteiger partial charge in [-0.3, -0.25) is 4.79 Å². The molecule has 3 aromatic rings. The van der Waals surface area contributed by atoms with Crippen LogP contribution in [0.2, 0.25) is 0 Å². The van der Waals surface area contributed by atoms with Crippen LogP contribution in [0.4, 0.5) is 0 Å². The van der Waals surface area contributed by atoms with Crippen LogP contribution in [-0.2, 0) is 24.2 Å². The van der Waals surface area contributed by atoms with E-state index in [2.05, 4.69) is 47.3 Å². The van der Waals surface area contributed by atoms with Crippen LogP contribution < -0.4 is 10.1 Å². The van der Waals surface area contributed by atoms with Crippen molar-refractivity contribution in [1.29, 1.82) is 0 Å². The third-order valence-corrected chi connectivity index (χ3v) is 5.39. The molecule has 0 spiro atoms. The van der Waals surface area contributed by atoms with Crippen molar-refractivity contribution in [2.45, 2.75) is 45.6 Å². The molecule has 5 nitrogen and oxygen atoms in total. The van der Waals surface area contributed by atoms with Crippen molar-refractivity contribution in [3.05, 3.63) is 84.7 Å². The summed E-state index contributed by atoms with van der Waals surface area (Å²) in [6.07, 6.45) is 6.59. The second-order valence-corrected chi connectivity index (χ2v) is 7.96. The van der Waals surface area contributed by atoms with E-state index in [0.29, 0.717) is 18.7 Å². The molecule has 0 saturated carbocycles. The van der Waals surface area contributed by atoms with Gasteiger partial charge in [-0.2, -0.15) is 0 Å². The van der Waals surface area contributed by atoms with Crippen molar-refractivity contribution < 1.29 is 9.53 Å². The van der Waals surface area contributed by atoms with Gasteiger partial charge in [0.2, 0.25) is 5.91 Å². The number of imidazole rings is 1. The fraction of sp³-hybridized carbons (Fsp3) is 0.333. The summed E-state index contributed by atoms with van der Waals surface area (Å²) in [7, 11) is 0. The van der Waals surface area contributed by atoms with Gasteiger partial charge in [0.05, 0.1) is 17.6 Å². The molecule has 32 heavy (non-hydrogen) atoms. The monoisotopic (exact) mass is 431 g/mol. The van der Waals surface area contributed by atoms with Gasteiger partial charge >= 0.3 is 0 Å². The number of carbonyl (C=O) groups excluding carboxylic acids is 1. The maximum absolute atomic E-state index is 11.6. The van der Waals surface area contributed by atoms with Crippen molar-refractivity contribution in [3.63, 3.8) is 0 Å². The number of benzene rings is 2. The normalized spacial score (nSPS) is 10.8. The van der Waals surface area contributed by atoms with E-state index in [1.807, 2.05) is 30.3 Å². The van der Waals surface area contributed by atoms with Gasteiger partial charge in [-0.15, -0.1) is 6.58 Å². The highest BCUT2D eigenvalue weighted by Gasteiger charge is 2.11. The van der Waals surface area contributed by atoms with Crippen molar-refractivity contribution in [2.75, 3.05) is 13.2 Å². The maximum atomic E-state index is 11.6. The molecule has 0 aliphatic carbocycles. The first kappa shape index (κ1) is 23.3. The Bertz CT molecular complexity index is 1070. The average molecular weight is 432 g/mol. The molecule has 0 aliphatic heterocycles. The molecule has 1 heterocycles. The molecule has 1 amide bonds. The lowest BCUT2D eigenvalue weighted by atomic mass is 10.1. The van der Waals surface area contributed by atoms with E-state index in [9.17, 15) is 4.79 Å². The molecule has 0 atom stereocenters. The number of hydrogen-bond donors (Lipinski definition) is 1. The van der Waals surface area contributed by atoms with Gasteiger partial charge in [0.15, 0.2) is 0 Å². The largest absolute Gasteiger partial charge is 0.491 e. The standard InChI is InChI=1S/C27H33N3O2/c1-4-12-22-13-7-10-16-25(22)32-20-19-30-24-15-9-8-14-23(24)29-26(30)17-6-5-11-18-28-27(31)21(2)3/h4,7-10,13-16H,1-2,5-6,11-12,17-20H2,3H3,(H,28,31). The number of aromatic nitrogens is 2. The van der Waals surface area contributed by atoms with E-state index >= 15 is 0 Å². The Hall–Kier alpha value is -3.34. The van der Waals surface area contributed by atoms with E-state index in [1.165, 1.54) is 0 Å². The first-order valence-electron chi connectivity index (χ1n) is 11.3. The Morgan fingerprint density at radius 1 is 1.12 bits per heavy atom. The third kappa shape index (κ3) is 6.33. The Labute approximate surface area is 190 Å². The van der Waals surface area contributed by atoms with Crippen molar-refractivity contribution in [3.8, 4) is 5.75 Å². The molecule has 0 fully saturated rings. The van der Waals surface area contributed by atoms with Gasteiger partial charge in [-0.1, -0.05) is 49.4 Å². The minimum absolute atomic E-state index is 0.0681. The maximum Gasteiger partial charge on any atom is 0.246 e. The van der Waals surface area contributed by atoms with Crippen LogP contribution in [0.15, 0.2) is 73.3 Å². The SMILES string of the molecule is C=CCc1ccccc1OCCn1c(CCCCCNC(=O)C(=C)C)nc2ccccc21. The summed E-state index contributed by atoms with van der Waals surface area (Å²) in [4.78, 5) is 16.4. The number of amides is 1. The van der Waals surface area contributed by atoms with Crippen molar-refractivity contribution in [2.24, 2.45) is 0 Å². The zero-order valence-electron chi connectivity index (χ0n) is 19.0. The molecule has 0 bridgehead atoms. The highest BCUT2D eigenvalue weighted by atomic mass is 16.5. The average Bonchev–Trinajstić information content (AvgIpc) is 3.14. The Balaban J connectivity index is 1.58. The fourth-order valence-corrected chi connectivity index (χ4v) is 3.72. The minimum atomic E-state index is -0.0681. The van der Waals surface area contributed by atoms with Crippen LogP contribution in [-0.4, -0.2) is 28.6 Å². The number of hydrogen-bond acceptors (Lipinski definition) is 3. The number of nitrogens with zero attached hydrogens (tertiary/aromatic N) is 2. The zero-order chi connectivity index (χ0) is 22.8. The summed E-state index contributed by atoms with van der Waals surface area (Å²) in [5, 5.41) is 2.89. The number of unbranched alkanes of at least 4 members (excludes halogenated alkanes) is 2. The Morgan fingerprint density at radius 2 is 1.91 bits per heavy atom. The van der Waals surface area contributed by atoms with Crippen LogP contribution >= 0.6 is 0 Å². The summed E-state index contributed by atoms with van der Waals surface area (Å²) in [6.45, 7) is 11.2.